The third-order valence-corrected chi connectivity index (χ3v) is 22.0. The van der Waals surface area contributed by atoms with Gasteiger partial charge in [-0.15, -0.1) is 0 Å². The van der Waals surface area contributed by atoms with E-state index in [0.717, 1.165) is 78.9 Å². The van der Waals surface area contributed by atoms with Crippen LogP contribution < -0.4 is 23.7 Å². The monoisotopic (exact) mass is 1890 g/mol. The number of aromatic carboxylic acids is 5. The highest BCUT2D eigenvalue weighted by molar-refractivity contribution is 6.09. The zero-order valence-corrected chi connectivity index (χ0v) is 74.2. The van der Waals surface area contributed by atoms with Crippen LogP contribution >= 0.6 is 0 Å². The predicted octanol–water partition coefficient (Wildman–Crippen LogP) is 24.5. The Balaban J connectivity index is 0.000000158. The van der Waals surface area contributed by atoms with Crippen LogP contribution in [0.3, 0.4) is 0 Å². The number of ether oxygens (including phenoxy) is 5. The van der Waals surface area contributed by atoms with E-state index in [-0.39, 0.29) is 27.8 Å². The molecule has 0 radical (unpaired) electrons. The van der Waals surface area contributed by atoms with Crippen LogP contribution in [-0.2, 0) is 30.1 Å². The van der Waals surface area contributed by atoms with Crippen molar-refractivity contribution in [2.45, 2.75) is 13.1 Å². The number of carbonyl (C=O) groups is 10. The van der Waals surface area contributed by atoms with Gasteiger partial charge in [0.2, 0.25) is 0 Å². The number of hydrogen-bond donors (Lipinski definition) is 5. The molecule has 16 aromatic rings. The van der Waals surface area contributed by atoms with E-state index in [1.807, 2.05) is 116 Å². The SMILES string of the molecule is Cc1ccc(/C(=C(\c2ccc(C(=O)O)cc2)c2ccc(C(F)(F)F)cc2)c2ccc(OC=O)cc2)cc1.O=COc1ccc(/C(=C(\c2ccc(F)cc2)c2ccc(C(=O)O)cc2)c2ccc(F)cc2)cc1.O=COc1ccc(C(=C(c2ccc(C(=O)O)cc2)c2ccc(C(=O)O)cc2)c2ccc(OC=O)cc2)cc1.O=COc1ccc(C(=C(c2ccccc2)c2ccc(C(=O)O)cc2)c2ccccc2)cc1. The van der Waals surface area contributed by atoms with Gasteiger partial charge in [-0.1, -0.05) is 248 Å². The first kappa shape index (κ1) is 99.3. The van der Waals surface area contributed by atoms with Crippen LogP contribution in [0.1, 0.15) is 152 Å². The molecule has 0 aliphatic rings. The molecule has 0 spiro atoms. The molecule has 0 saturated heterocycles. The Morgan fingerprint density at radius 1 is 0.199 bits per heavy atom. The van der Waals surface area contributed by atoms with Gasteiger partial charge >= 0.3 is 36.0 Å². The second kappa shape index (κ2) is 47.1. The van der Waals surface area contributed by atoms with Gasteiger partial charge in [0.1, 0.15) is 40.4 Å². The first-order valence-corrected chi connectivity index (χ1v) is 42.8. The number of halogens is 5. The molecule has 0 aromatic heterocycles. The second-order valence-electron chi connectivity index (χ2n) is 30.8. The van der Waals surface area contributed by atoms with Gasteiger partial charge in [-0.05, 0) is 298 Å². The highest BCUT2D eigenvalue weighted by atomic mass is 19.4. The van der Waals surface area contributed by atoms with Crippen molar-refractivity contribution >= 4 is 107 Å². The van der Waals surface area contributed by atoms with Gasteiger partial charge in [-0.2, -0.15) is 13.2 Å². The van der Waals surface area contributed by atoms with E-state index in [9.17, 15) is 95.4 Å². The van der Waals surface area contributed by atoms with E-state index in [4.69, 9.17) is 23.7 Å². The smallest absolute Gasteiger partial charge is 0.416 e. The van der Waals surface area contributed by atoms with Crippen LogP contribution in [0.25, 0.3) is 44.6 Å². The molecule has 16 aromatic carbocycles. The lowest BCUT2D eigenvalue weighted by atomic mass is 9.85. The van der Waals surface area contributed by atoms with Crippen molar-refractivity contribution in [1.82, 2.24) is 0 Å². The number of carbonyl (C=O) groups excluding carboxylic acids is 5. The number of aryl methyl sites for hydroxylation is 1. The molecule has 0 aliphatic heterocycles. The summed E-state index contributed by atoms with van der Waals surface area (Å²) in [5.41, 5.74) is 19.1. The maximum Gasteiger partial charge on any atom is 0.416 e. The van der Waals surface area contributed by atoms with Crippen molar-refractivity contribution in [1.29, 1.82) is 0 Å². The number of alkyl halides is 3. The molecule has 0 saturated carbocycles. The van der Waals surface area contributed by atoms with Crippen molar-refractivity contribution in [2.75, 3.05) is 0 Å². The molecule has 25 heteroatoms. The number of carboxylic acids is 5. The third kappa shape index (κ3) is 25.7. The fourth-order valence-electron chi connectivity index (χ4n) is 15.3. The maximum absolute atomic E-state index is 13.7. The summed E-state index contributed by atoms with van der Waals surface area (Å²) >= 11 is 0. The Kier molecular flexibility index (Phi) is 33.2. The zero-order valence-electron chi connectivity index (χ0n) is 74.2. The van der Waals surface area contributed by atoms with E-state index in [0.29, 0.717) is 133 Å². The van der Waals surface area contributed by atoms with E-state index >= 15 is 0 Å². The highest BCUT2D eigenvalue weighted by Gasteiger charge is 2.31. The van der Waals surface area contributed by atoms with Crippen molar-refractivity contribution in [2.24, 2.45) is 0 Å². The first-order valence-electron chi connectivity index (χ1n) is 42.8. The molecule has 0 heterocycles. The minimum absolute atomic E-state index is 0.0859. The average Bonchev–Trinajstić information content (AvgIpc) is 0.835. The van der Waals surface area contributed by atoms with Crippen LogP contribution in [0.4, 0.5) is 22.0 Å². The van der Waals surface area contributed by atoms with E-state index in [1.54, 1.807) is 194 Å². The standard InChI is InChI=1S/C30H21F3O4.C30H20O8.C28H18F2O4.C28H20O4/c1-19-2-4-20(5-3-19)27(23-12-16-26(17-13-23)37-18-34)28(21-6-8-24(9-7-21)29(35)36)22-10-14-25(15-11-22)30(31,32)33;31-17-37-25-13-9-21(10-14-25)28(22-11-15-26(16-12-22)38-18-32)27(19-1-5-23(6-2-19)29(33)34)20-3-7-24(8-4-20)30(35)36;29-23-11-5-19(6-12-23)26(18-1-3-22(4-2-18)28(32)33)27(20-7-13-24(30)14-8-20)21-9-15-25(16-10-21)34-17-31;29-19-32-25-17-15-23(16-18-25)27(21-9-5-2-6-10-21)26(20-7-3-1-4-8-20)22-11-13-24(14-12-22)28(30)31/h2-18H,1H3,(H,35,36);1-18H,(H,33,34)(H,35,36);1-17H,(H,32,33);1-19H,(H,30,31)/b28-27-;;27-26-;. The molecule has 0 aliphatic carbocycles. The summed E-state index contributed by atoms with van der Waals surface area (Å²) in [6, 6.07) is 111. The van der Waals surface area contributed by atoms with Crippen molar-refractivity contribution < 1.29 is 119 Å². The number of carboxylic acid groups (broad SMARTS) is 5. The van der Waals surface area contributed by atoms with E-state index in [2.05, 4.69) is 0 Å². The second-order valence-corrected chi connectivity index (χ2v) is 30.8. The lowest BCUT2D eigenvalue weighted by Gasteiger charge is -2.19. The molecule has 20 nitrogen and oxygen atoms in total. The lowest BCUT2D eigenvalue weighted by Crippen LogP contribution is -2.05. The van der Waals surface area contributed by atoms with Gasteiger partial charge in [0.25, 0.3) is 32.4 Å². The Hall–Kier alpha value is -19.2. The fraction of sp³-hybridized carbons (Fsp3) is 0.0172. The summed E-state index contributed by atoms with van der Waals surface area (Å²) in [6.45, 7) is 3.67. The van der Waals surface area contributed by atoms with Crippen LogP contribution in [0, 0.1) is 18.6 Å². The van der Waals surface area contributed by atoms with Gasteiger partial charge in [0.15, 0.2) is 0 Å². The molecule has 698 valence electrons. The number of hydrogen-bond acceptors (Lipinski definition) is 15. The predicted molar refractivity (Wildman–Crippen MR) is 521 cm³/mol. The molecule has 0 unspecified atom stereocenters. The summed E-state index contributed by atoms with van der Waals surface area (Å²) in [5, 5.41) is 46.7. The normalized spacial score (nSPS) is 11.2. The quantitative estimate of drug-likeness (QED) is 0.0153. The van der Waals surface area contributed by atoms with E-state index < -0.39 is 53.2 Å². The van der Waals surface area contributed by atoms with Crippen LogP contribution in [0.15, 0.2) is 400 Å². The molecular formula is C116H79F5O20. The first-order chi connectivity index (χ1) is 68.2. The largest absolute Gasteiger partial charge is 0.478 e. The van der Waals surface area contributed by atoms with Crippen LogP contribution in [-0.4, -0.2) is 87.7 Å². The summed E-state index contributed by atoms with van der Waals surface area (Å²) in [4.78, 5) is 111. The molecule has 141 heavy (non-hydrogen) atoms. The van der Waals surface area contributed by atoms with Crippen molar-refractivity contribution in [3.63, 3.8) is 0 Å². The number of rotatable bonds is 31. The summed E-state index contributed by atoms with van der Waals surface area (Å²) < 4.78 is 92.0. The van der Waals surface area contributed by atoms with Crippen LogP contribution in [0.5, 0.6) is 28.7 Å². The van der Waals surface area contributed by atoms with E-state index in [1.165, 1.54) is 84.9 Å². The Morgan fingerprint density at radius 3 is 0.489 bits per heavy atom. The molecule has 0 amide bonds. The molecule has 0 bridgehead atoms. The number of benzene rings is 16. The van der Waals surface area contributed by atoms with Gasteiger partial charge in [0, 0.05) is 0 Å². The maximum atomic E-state index is 13.7. The van der Waals surface area contributed by atoms with Gasteiger partial charge < -0.3 is 49.2 Å². The molecule has 0 atom stereocenters. The lowest BCUT2D eigenvalue weighted by molar-refractivity contribution is -0.137. The minimum Gasteiger partial charge on any atom is -0.478 e. The molecular weight excluding hydrogens is 1810 g/mol. The Morgan fingerprint density at radius 2 is 0.333 bits per heavy atom. The molecule has 16 rings (SSSR count). The molecule has 5 N–H and O–H groups in total. The fourth-order valence-corrected chi connectivity index (χ4v) is 15.3. The van der Waals surface area contributed by atoms with Crippen molar-refractivity contribution in [3.8, 4) is 28.7 Å². The summed E-state index contributed by atoms with van der Waals surface area (Å²) in [6.07, 6.45) is -4.49. The molecule has 0 fully saturated rings. The minimum atomic E-state index is -4.49. The van der Waals surface area contributed by atoms with Crippen LogP contribution in [0.2, 0.25) is 0 Å². The highest BCUT2D eigenvalue weighted by Crippen LogP contribution is 2.45. The van der Waals surface area contributed by atoms with Gasteiger partial charge in [0.05, 0.1) is 33.4 Å². The average molecular weight is 1890 g/mol. The summed E-state index contributed by atoms with van der Waals surface area (Å²) in [7, 11) is 0. The Bertz CT molecular complexity index is 7170. The van der Waals surface area contributed by atoms with Gasteiger partial charge in [-0.25, -0.2) is 32.8 Å². The topological polar surface area (TPSA) is 318 Å². The third-order valence-electron chi connectivity index (χ3n) is 22.0. The zero-order chi connectivity index (χ0) is 100. The van der Waals surface area contributed by atoms with Gasteiger partial charge in [-0.3, -0.25) is 24.0 Å². The van der Waals surface area contributed by atoms with Crippen molar-refractivity contribution in [3.05, 3.63) is 540 Å². The Labute approximate surface area is 803 Å². The summed E-state index contributed by atoms with van der Waals surface area (Å²) in [5.74, 6) is -4.19.